The lowest BCUT2D eigenvalue weighted by atomic mass is 10.1. The number of carbonyl (C=O) groups is 2. The number of amides is 1. The van der Waals surface area contributed by atoms with E-state index in [1.807, 2.05) is 6.92 Å². The molecule has 2 unspecified atom stereocenters. The van der Waals surface area contributed by atoms with Crippen LogP contribution in [0.4, 0.5) is 0 Å². The fourth-order valence-corrected chi connectivity index (χ4v) is 1.76. The summed E-state index contributed by atoms with van der Waals surface area (Å²) in [5.74, 6) is -1.49. The minimum absolute atomic E-state index is 0.0758. The molecule has 1 aliphatic rings. The lowest BCUT2D eigenvalue weighted by molar-refractivity contribution is -0.145. The lowest BCUT2D eigenvalue weighted by Crippen LogP contribution is -2.42. The molecule has 1 amide bonds. The monoisotopic (exact) mass is 229 g/mol. The van der Waals surface area contributed by atoms with Gasteiger partial charge in [-0.05, 0) is 19.8 Å². The molecule has 1 heterocycles. The number of carboxylic acid groups (broad SMARTS) is 1. The highest BCUT2D eigenvalue weighted by Gasteiger charge is 2.29. The van der Waals surface area contributed by atoms with Crippen molar-refractivity contribution in [3.63, 3.8) is 0 Å². The van der Waals surface area contributed by atoms with Gasteiger partial charge in [0, 0.05) is 19.7 Å². The molecular weight excluding hydrogens is 210 g/mol. The largest absolute Gasteiger partial charge is 0.481 e. The molecule has 0 radical (unpaired) electrons. The second-order valence-electron chi connectivity index (χ2n) is 4.12. The zero-order valence-corrected chi connectivity index (χ0v) is 9.81. The van der Waals surface area contributed by atoms with Gasteiger partial charge in [0.25, 0.3) is 5.91 Å². The van der Waals surface area contributed by atoms with Crippen molar-refractivity contribution in [2.24, 2.45) is 5.92 Å². The summed E-state index contributed by atoms with van der Waals surface area (Å²) < 4.78 is 5.30. The van der Waals surface area contributed by atoms with Gasteiger partial charge in [-0.3, -0.25) is 9.59 Å². The average molecular weight is 229 g/mol. The first kappa shape index (κ1) is 13.0. The van der Waals surface area contributed by atoms with Gasteiger partial charge in [0.05, 0.1) is 5.92 Å². The van der Waals surface area contributed by atoms with Crippen LogP contribution < -0.4 is 0 Å². The Morgan fingerprint density at radius 3 is 2.69 bits per heavy atom. The maximum atomic E-state index is 11.9. The molecule has 0 aromatic carbocycles. The molecule has 1 saturated heterocycles. The van der Waals surface area contributed by atoms with Crippen molar-refractivity contribution in [3.05, 3.63) is 0 Å². The summed E-state index contributed by atoms with van der Waals surface area (Å²) in [5.41, 5.74) is 0. The molecule has 1 fully saturated rings. The number of carboxylic acids is 1. The highest BCUT2D eigenvalue weighted by Crippen LogP contribution is 2.15. The Balaban J connectivity index is 2.52. The molecule has 1 aliphatic heterocycles. The Morgan fingerprint density at radius 2 is 2.25 bits per heavy atom. The van der Waals surface area contributed by atoms with E-state index in [1.165, 1.54) is 0 Å². The van der Waals surface area contributed by atoms with Crippen LogP contribution in [0.3, 0.4) is 0 Å². The predicted molar refractivity (Wildman–Crippen MR) is 58.0 cm³/mol. The molecule has 92 valence electrons. The molecule has 0 bridgehead atoms. The predicted octanol–water partition coefficient (Wildman–Crippen LogP) is 0.735. The van der Waals surface area contributed by atoms with Gasteiger partial charge in [0.1, 0.15) is 6.10 Å². The molecule has 5 heteroatoms. The molecule has 0 aromatic heterocycles. The first-order valence-electron chi connectivity index (χ1n) is 5.69. The van der Waals surface area contributed by atoms with Crippen molar-refractivity contribution in [2.45, 2.75) is 32.8 Å². The van der Waals surface area contributed by atoms with Gasteiger partial charge < -0.3 is 14.7 Å². The zero-order chi connectivity index (χ0) is 12.1. The van der Waals surface area contributed by atoms with E-state index in [0.29, 0.717) is 13.2 Å². The van der Waals surface area contributed by atoms with Gasteiger partial charge >= 0.3 is 5.97 Å². The van der Waals surface area contributed by atoms with Gasteiger partial charge in [-0.25, -0.2) is 0 Å². The summed E-state index contributed by atoms with van der Waals surface area (Å²) in [6, 6.07) is 0. The third-order valence-corrected chi connectivity index (χ3v) is 2.81. The molecule has 16 heavy (non-hydrogen) atoms. The second-order valence-corrected chi connectivity index (χ2v) is 4.12. The summed E-state index contributed by atoms with van der Waals surface area (Å²) in [4.78, 5) is 24.2. The quantitative estimate of drug-likeness (QED) is 0.755. The summed E-state index contributed by atoms with van der Waals surface area (Å²) >= 11 is 0. The fraction of sp³-hybridized carbons (Fsp3) is 0.818. The van der Waals surface area contributed by atoms with Crippen LogP contribution in [0.2, 0.25) is 0 Å². The number of hydrogen-bond acceptors (Lipinski definition) is 3. The number of nitrogens with zero attached hydrogens (tertiary/aromatic N) is 1. The standard InChI is InChI=1S/C11H19NO4/c1-3-12(7-8(2)11(14)15)10(13)9-5-4-6-16-9/h8-9H,3-7H2,1-2H3,(H,14,15). The topological polar surface area (TPSA) is 66.8 Å². The van der Waals surface area contributed by atoms with Crippen LogP contribution in [-0.2, 0) is 14.3 Å². The fourth-order valence-electron chi connectivity index (χ4n) is 1.76. The van der Waals surface area contributed by atoms with Gasteiger partial charge in [0.2, 0.25) is 0 Å². The van der Waals surface area contributed by atoms with E-state index in [4.69, 9.17) is 9.84 Å². The minimum Gasteiger partial charge on any atom is -0.481 e. The van der Waals surface area contributed by atoms with E-state index >= 15 is 0 Å². The van der Waals surface area contributed by atoms with Crippen LogP contribution in [0.25, 0.3) is 0 Å². The molecular formula is C11H19NO4. The van der Waals surface area contributed by atoms with Crippen LogP contribution in [0.15, 0.2) is 0 Å². The zero-order valence-electron chi connectivity index (χ0n) is 9.81. The van der Waals surface area contributed by atoms with Crippen molar-refractivity contribution in [1.29, 1.82) is 0 Å². The maximum absolute atomic E-state index is 11.9. The van der Waals surface area contributed by atoms with Crippen LogP contribution >= 0.6 is 0 Å². The SMILES string of the molecule is CCN(CC(C)C(=O)O)C(=O)C1CCCO1. The van der Waals surface area contributed by atoms with Crippen molar-refractivity contribution < 1.29 is 19.4 Å². The number of hydrogen-bond donors (Lipinski definition) is 1. The second kappa shape index (κ2) is 5.84. The van der Waals surface area contributed by atoms with E-state index in [9.17, 15) is 9.59 Å². The third-order valence-electron chi connectivity index (χ3n) is 2.81. The highest BCUT2D eigenvalue weighted by molar-refractivity contribution is 5.81. The smallest absolute Gasteiger partial charge is 0.308 e. The maximum Gasteiger partial charge on any atom is 0.308 e. The van der Waals surface area contributed by atoms with Crippen molar-refractivity contribution in [1.82, 2.24) is 4.90 Å². The molecule has 0 spiro atoms. The average Bonchev–Trinajstić information content (AvgIpc) is 2.77. The first-order chi connectivity index (χ1) is 7.56. The molecule has 0 aromatic rings. The third kappa shape index (κ3) is 3.20. The van der Waals surface area contributed by atoms with Crippen molar-refractivity contribution >= 4 is 11.9 Å². The molecule has 5 nitrogen and oxygen atoms in total. The summed E-state index contributed by atoms with van der Waals surface area (Å²) in [6.07, 6.45) is 1.29. The highest BCUT2D eigenvalue weighted by atomic mass is 16.5. The number of aliphatic carboxylic acids is 1. The Kier molecular flexibility index (Phi) is 4.73. The van der Waals surface area contributed by atoms with Crippen LogP contribution in [-0.4, -0.2) is 47.7 Å². The van der Waals surface area contributed by atoms with E-state index in [1.54, 1.807) is 11.8 Å². The first-order valence-corrected chi connectivity index (χ1v) is 5.69. The summed E-state index contributed by atoms with van der Waals surface area (Å²) in [7, 11) is 0. The Morgan fingerprint density at radius 1 is 1.56 bits per heavy atom. The summed E-state index contributed by atoms with van der Waals surface area (Å²) in [6.45, 7) is 4.86. The molecule has 2 atom stereocenters. The van der Waals surface area contributed by atoms with Gasteiger partial charge in [-0.1, -0.05) is 6.92 Å². The number of rotatable bonds is 5. The van der Waals surface area contributed by atoms with Gasteiger partial charge in [0.15, 0.2) is 0 Å². The molecule has 0 saturated carbocycles. The Hall–Kier alpha value is -1.10. The number of ether oxygens (including phenoxy) is 1. The lowest BCUT2D eigenvalue weighted by Gasteiger charge is -2.25. The van der Waals surface area contributed by atoms with E-state index in [0.717, 1.165) is 12.8 Å². The Bertz CT molecular complexity index is 261. The van der Waals surface area contributed by atoms with E-state index in [-0.39, 0.29) is 18.6 Å². The number of carbonyl (C=O) groups excluding carboxylic acids is 1. The van der Waals surface area contributed by atoms with Gasteiger partial charge in [-0.2, -0.15) is 0 Å². The molecule has 1 rings (SSSR count). The van der Waals surface area contributed by atoms with Crippen LogP contribution in [0, 0.1) is 5.92 Å². The van der Waals surface area contributed by atoms with Gasteiger partial charge in [-0.15, -0.1) is 0 Å². The normalized spacial score (nSPS) is 21.8. The summed E-state index contributed by atoms with van der Waals surface area (Å²) in [5, 5.41) is 8.80. The van der Waals surface area contributed by atoms with E-state index in [2.05, 4.69) is 0 Å². The number of likely N-dealkylation sites (N-methyl/N-ethyl adjacent to an activating group) is 1. The minimum atomic E-state index is -0.876. The Labute approximate surface area is 95.4 Å². The van der Waals surface area contributed by atoms with Crippen molar-refractivity contribution in [3.8, 4) is 0 Å². The van der Waals surface area contributed by atoms with Crippen LogP contribution in [0.1, 0.15) is 26.7 Å². The van der Waals surface area contributed by atoms with E-state index < -0.39 is 11.9 Å². The molecule has 1 N–H and O–H groups in total. The van der Waals surface area contributed by atoms with Crippen LogP contribution in [0.5, 0.6) is 0 Å². The molecule has 0 aliphatic carbocycles. The van der Waals surface area contributed by atoms with Crippen molar-refractivity contribution in [2.75, 3.05) is 19.7 Å².